The molecule has 8 heteroatoms. The second-order valence-electron chi connectivity index (χ2n) is 7.43. The molecule has 0 aromatic heterocycles. The summed E-state index contributed by atoms with van der Waals surface area (Å²) in [6, 6.07) is 13.9. The van der Waals surface area contributed by atoms with Crippen LogP contribution >= 0.6 is 11.6 Å². The van der Waals surface area contributed by atoms with E-state index in [0.717, 1.165) is 11.3 Å². The molecular formula is C21H25ClN2O4S. The molecule has 1 amide bonds. The van der Waals surface area contributed by atoms with Gasteiger partial charge >= 0.3 is 0 Å². The minimum absolute atomic E-state index is 0.0666. The second kappa shape index (κ2) is 8.73. The number of nitrogens with zero attached hydrogens (tertiary/aromatic N) is 1. The number of piperidine rings is 1. The van der Waals surface area contributed by atoms with E-state index >= 15 is 0 Å². The van der Waals surface area contributed by atoms with E-state index in [-0.39, 0.29) is 28.9 Å². The van der Waals surface area contributed by atoms with Crippen molar-refractivity contribution in [2.75, 3.05) is 20.2 Å². The summed E-state index contributed by atoms with van der Waals surface area (Å²) in [5.41, 5.74) is 0.361. The first-order valence-electron chi connectivity index (χ1n) is 9.42. The van der Waals surface area contributed by atoms with Crippen LogP contribution in [0.3, 0.4) is 0 Å². The van der Waals surface area contributed by atoms with Gasteiger partial charge in [0.15, 0.2) is 0 Å². The van der Waals surface area contributed by atoms with Gasteiger partial charge in [-0.2, -0.15) is 4.31 Å². The molecule has 6 nitrogen and oxygen atoms in total. The summed E-state index contributed by atoms with van der Waals surface area (Å²) in [5, 5.41) is 3.18. The van der Waals surface area contributed by atoms with Crippen LogP contribution in [-0.2, 0) is 21.4 Å². The molecule has 1 fully saturated rings. The van der Waals surface area contributed by atoms with E-state index in [4.69, 9.17) is 16.3 Å². The Labute approximate surface area is 176 Å². The molecule has 3 rings (SSSR count). The van der Waals surface area contributed by atoms with Crippen molar-refractivity contribution in [3.05, 3.63) is 59.1 Å². The highest BCUT2D eigenvalue weighted by Gasteiger charge is 2.40. The molecule has 1 saturated heterocycles. The summed E-state index contributed by atoms with van der Waals surface area (Å²) >= 11 is 6.08. The standard InChI is InChI=1S/C21H25ClN2O4S/c1-21(20(25)23-15-16-7-9-17(28-2)10-8-16)11-13-24(14-12-21)29(26,27)19-6-4-3-5-18(19)22/h3-10H,11-15H2,1-2H3,(H,23,25). The molecule has 156 valence electrons. The molecule has 29 heavy (non-hydrogen) atoms. The van der Waals surface area contributed by atoms with Crippen molar-refractivity contribution in [1.82, 2.24) is 9.62 Å². The van der Waals surface area contributed by atoms with Gasteiger partial charge in [-0.05, 0) is 42.7 Å². The van der Waals surface area contributed by atoms with Crippen LogP contribution in [0.15, 0.2) is 53.4 Å². The van der Waals surface area contributed by atoms with Gasteiger partial charge in [0.1, 0.15) is 10.6 Å². The molecule has 0 spiro atoms. The zero-order valence-electron chi connectivity index (χ0n) is 16.5. The predicted octanol–water partition coefficient (Wildman–Crippen LogP) is 3.46. The third kappa shape index (κ3) is 4.74. The van der Waals surface area contributed by atoms with Crippen molar-refractivity contribution < 1.29 is 17.9 Å². The third-order valence-electron chi connectivity index (χ3n) is 5.44. The van der Waals surface area contributed by atoms with E-state index in [2.05, 4.69) is 5.32 Å². The fourth-order valence-electron chi connectivity index (χ4n) is 3.38. The van der Waals surface area contributed by atoms with Gasteiger partial charge in [0.25, 0.3) is 0 Å². The molecule has 1 N–H and O–H groups in total. The van der Waals surface area contributed by atoms with Gasteiger partial charge in [0.2, 0.25) is 15.9 Å². The van der Waals surface area contributed by atoms with Gasteiger partial charge in [-0.25, -0.2) is 8.42 Å². The van der Waals surface area contributed by atoms with Gasteiger partial charge in [-0.15, -0.1) is 0 Å². The van der Waals surface area contributed by atoms with Crippen molar-refractivity contribution in [3.63, 3.8) is 0 Å². The molecule has 0 radical (unpaired) electrons. The first kappa shape index (κ1) is 21.6. The SMILES string of the molecule is COc1ccc(CNC(=O)C2(C)CCN(S(=O)(=O)c3ccccc3Cl)CC2)cc1. The molecule has 2 aromatic carbocycles. The first-order chi connectivity index (χ1) is 13.8. The molecular weight excluding hydrogens is 412 g/mol. The van der Waals surface area contributed by atoms with Crippen LogP contribution in [0.1, 0.15) is 25.3 Å². The predicted molar refractivity (Wildman–Crippen MR) is 112 cm³/mol. The van der Waals surface area contributed by atoms with Crippen molar-refractivity contribution in [1.29, 1.82) is 0 Å². The van der Waals surface area contributed by atoms with Crippen LogP contribution < -0.4 is 10.1 Å². The Hall–Kier alpha value is -2.09. The van der Waals surface area contributed by atoms with Crippen LogP contribution in [0.4, 0.5) is 0 Å². The van der Waals surface area contributed by atoms with Crippen LogP contribution in [0, 0.1) is 5.41 Å². The minimum atomic E-state index is -3.67. The Bertz CT molecular complexity index is 968. The highest BCUT2D eigenvalue weighted by Crippen LogP contribution is 2.34. The number of amides is 1. The maximum atomic E-state index is 12.9. The Morgan fingerprint density at radius 1 is 1.14 bits per heavy atom. The smallest absolute Gasteiger partial charge is 0.244 e. The van der Waals surface area contributed by atoms with Crippen LogP contribution in [0.25, 0.3) is 0 Å². The molecule has 1 aliphatic rings. The number of hydrogen-bond acceptors (Lipinski definition) is 4. The van der Waals surface area contributed by atoms with Crippen LogP contribution in [0.2, 0.25) is 5.02 Å². The first-order valence-corrected chi connectivity index (χ1v) is 11.2. The summed E-state index contributed by atoms with van der Waals surface area (Å²) in [7, 11) is -2.07. The minimum Gasteiger partial charge on any atom is -0.497 e. The number of sulfonamides is 1. The quantitative estimate of drug-likeness (QED) is 0.752. The number of halogens is 1. The molecule has 0 unspecified atom stereocenters. The lowest BCUT2D eigenvalue weighted by Gasteiger charge is -2.37. The van der Waals surface area contributed by atoms with E-state index in [1.54, 1.807) is 25.3 Å². The van der Waals surface area contributed by atoms with Crippen molar-refractivity contribution in [3.8, 4) is 5.75 Å². The summed E-state index contributed by atoms with van der Waals surface area (Å²) in [6.07, 6.45) is 0.899. The fourth-order valence-corrected chi connectivity index (χ4v) is 5.31. The summed E-state index contributed by atoms with van der Waals surface area (Å²) in [6.45, 7) is 2.86. The summed E-state index contributed by atoms with van der Waals surface area (Å²) < 4.78 is 32.3. The van der Waals surface area contributed by atoms with Crippen LogP contribution in [-0.4, -0.2) is 38.8 Å². The van der Waals surface area contributed by atoms with Gasteiger partial charge in [0.05, 0.1) is 12.1 Å². The molecule has 1 heterocycles. The number of methoxy groups -OCH3 is 1. The number of hydrogen-bond donors (Lipinski definition) is 1. The summed E-state index contributed by atoms with van der Waals surface area (Å²) in [5.74, 6) is 0.697. The van der Waals surface area contributed by atoms with E-state index in [9.17, 15) is 13.2 Å². The summed E-state index contributed by atoms with van der Waals surface area (Å²) in [4.78, 5) is 12.9. The van der Waals surface area contributed by atoms with Crippen molar-refractivity contribution in [2.45, 2.75) is 31.2 Å². The Balaban J connectivity index is 1.60. The van der Waals surface area contributed by atoms with E-state index in [0.29, 0.717) is 19.4 Å². The maximum Gasteiger partial charge on any atom is 0.244 e. The Kier molecular flexibility index (Phi) is 6.51. The van der Waals surface area contributed by atoms with Gasteiger partial charge in [-0.3, -0.25) is 4.79 Å². The van der Waals surface area contributed by atoms with Gasteiger partial charge in [0, 0.05) is 25.0 Å². The number of benzene rings is 2. The molecule has 1 aliphatic heterocycles. The Morgan fingerprint density at radius 3 is 2.34 bits per heavy atom. The lowest BCUT2D eigenvalue weighted by molar-refractivity contribution is -0.132. The molecule has 0 aliphatic carbocycles. The van der Waals surface area contributed by atoms with E-state index in [1.165, 1.54) is 10.4 Å². The highest BCUT2D eigenvalue weighted by molar-refractivity contribution is 7.89. The average Bonchev–Trinajstić information content (AvgIpc) is 2.73. The molecule has 0 saturated carbocycles. The normalized spacial score (nSPS) is 16.9. The zero-order chi connectivity index (χ0) is 21.1. The van der Waals surface area contributed by atoms with Gasteiger partial charge in [-0.1, -0.05) is 42.8 Å². The Morgan fingerprint density at radius 2 is 1.76 bits per heavy atom. The van der Waals surface area contributed by atoms with Crippen molar-refractivity contribution >= 4 is 27.5 Å². The number of rotatable bonds is 6. The number of nitrogens with one attached hydrogen (secondary N) is 1. The molecule has 2 aromatic rings. The lowest BCUT2D eigenvalue weighted by Crippen LogP contribution is -2.48. The average molecular weight is 437 g/mol. The van der Waals surface area contributed by atoms with Crippen molar-refractivity contribution in [2.24, 2.45) is 5.41 Å². The van der Waals surface area contributed by atoms with E-state index < -0.39 is 15.4 Å². The zero-order valence-corrected chi connectivity index (χ0v) is 18.1. The largest absolute Gasteiger partial charge is 0.497 e. The molecule has 0 bridgehead atoms. The number of carbonyl (C=O) groups excluding carboxylic acids is 1. The lowest BCUT2D eigenvalue weighted by atomic mass is 9.80. The monoisotopic (exact) mass is 436 g/mol. The van der Waals surface area contributed by atoms with Gasteiger partial charge < -0.3 is 10.1 Å². The fraction of sp³-hybridized carbons (Fsp3) is 0.381. The van der Waals surface area contributed by atoms with E-state index in [1.807, 2.05) is 31.2 Å². The third-order valence-corrected chi connectivity index (χ3v) is 7.84. The molecule has 0 atom stereocenters. The number of carbonyl (C=O) groups is 1. The maximum absolute atomic E-state index is 12.9. The second-order valence-corrected chi connectivity index (χ2v) is 9.74. The number of ether oxygens (including phenoxy) is 1. The highest BCUT2D eigenvalue weighted by atomic mass is 35.5. The van der Waals surface area contributed by atoms with Crippen LogP contribution in [0.5, 0.6) is 5.75 Å². The topological polar surface area (TPSA) is 75.7 Å².